The number of rotatable bonds is 5. The molecular weight excluding hydrogens is 356 g/mol. The Kier molecular flexibility index (Phi) is 8.02. The summed E-state index contributed by atoms with van der Waals surface area (Å²) in [6, 6.07) is 6.31. The number of aliphatic hydroxyl groups excluding tert-OH is 2. The fourth-order valence-corrected chi connectivity index (χ4v) is 4.06. The molecule has 2 N–H and O–H groups in total. The first-order valence-corrected chi connectivity index (χ1v) is 9.70. The third-order valence-corrected chi connectivity index (χ3v) is 5.58. The molecule has 1 saturated carbocycles. The van der Waals surface area contributed by atoms with Gasteiger partial charge in [0.15, 0.2) is 0 Å². The maximum absolute atomic E-state index is 10.5. The standard InChI is InChI=1S/C22H28O3.CO2/c1-4-6-8-14(3)18(23)12-11-16-19(24)13-20-21(16)17-10-7-9-15(5-2)22(17)25-20;2-1-3/h7,9-12,14,16,18-21,23-24H,5,8,13H2,1-3H3;/b12-11+;/t14-,16+,18-,19-,20+,21?;/m0./s1. The van der Waals surface area contributed by atoms with E-state index in [0.717, 1.165) is 12.2 Å². The summed E-state index contributed by atoms with van der Waals surface area (Å²) >= 11 is 0. The Labute approximate surface area is 166 Å². The van der Waals surface area contributed by atoms with Crippen molar-refractivity contribution in [1.82, 2.24) is 0 Å². The second kappa shape index (κ2) is 10.2. The monoisotopic (exact) mass is 384 g/mol. The smallest absolute Gasteiger partial charge is 0.373 e. The number of ether oxygens (including phenoxy) is 1. The number of aliphatic hydroxyl groups is 2. The van der Waals surface area contributed by atoms with E-state index in [2.05, 4.69) is 37.0 Å². The van der Waals surface area contributed by atoms with Gasteiger partial charge in [-0.1, -0.05) is 44.2 Å². The predicted molar refractivity (Wildman–Crippen MR) is 104 cm³/mol. The third kappa shape index (κ3) is 4.72. The van der Waals surface area contributed by atoms with Crippen LogP contribution in [0.1, 0.15) is 50.7 Å². The molecule has 0 amide bonds. The Morgan fingerprint density at radius 3 is 2.71 bits per heavy atom. The molecule has 1 aromatic rings. The maximum atomic E-state index is 10.5. The number of hydrogen-bond acceptors (Lipinski definition) is 5. The average molecular weight is 384 g/mol. The highest BCUT2D eigenvalue weighted by molar-refractivity contribution is 5.49. The lowest BCUT2D eigenvalue weighted by Gasteiger charge is -2.19. The first-order chi connectivity index (χ1) is 13.5. The number of para-hydroxylation sites is 1. The summed E-state index contributed by atoms with van der Waals surface area (Å²) in [6.07, 6.45) is 5.40. The fourth-order valence-electron chi connectivity index (χ4n) is 4.06. The van der Waals surface area contributed by atoms with E-state index < -0.39 is 12.2 Å². The molecule has 1 fully saturated rings. The van der Waals surface area contributed by atoms with Crippen LogP contribution in [0, 0.1) is 23.7 Å². The van der Waals surface area contributed by atoms with E-state index in [1.165, 1.54) is 11.1 Å². The molecule has 28 heavy (non-hydrogen) atoms. The normalized spacial score (nSPS) is 26.6. The maximum Gasteiger partial charge on any atom is 0.373 e. The highest BCUT2D eigenvalue weighted by atomic mass is 16.5. The van der Waals surface area contributed by atoms with Crippen LogP contribution in [0.2, 0.25) is 0 Å². The predicted octanol–water partition coefficient (Wildman–Crippen LogP) is 2.86. The molecule has 2 aliphatic rings. The molecule has 0 saturated heterocycles. The van der Waals surface area contributed by atoms with Gasteiger partial charge in [-0.05, 0) is 24.8 Å². The van der Waals surface area contributed by atoms with Gasteiger partial charge in [0.1, 0.15) is 11.9 Å². The summed E-state index contributed by atoms with van der Waals surface area (Å²) in [5.74, 6) is 7.13. The Morgan fingerprint density at radius 1 is 1.36 bits per heavy atom. The minimum atomic E-state index is -0.545. The van der Waals surface area contributed by atoms with Crippen LogP contribution < -0.4 is 4.74 Å². The van der Waals surface area contributed by atoms with Crippen molar-refractivity contribution >= 4 is 6.15 Å². The lowest BCUT2D eigenvalue weighted by Crippen LogP contribution is -2.19. The van der Waals surface area contributed by atoms with Crippen LogP contribution in [0.4, 0.5) is 0 Å². The number of fused-ring (bicyclic) bond motifs is 3. The van der Waals surface area contributed by atoms with E-state index in [4.69, 9.17) is 14.3 Å². The Bertz CT molecular complexity index is 782. The second-order valence-corrected chi connectivity index (χ2v) is 7.32. The van der Waals surface area contributed by atoms with Crippen LogP contribution in [-0.2, 0) is 16.0 Å². The Hall–Kier alpha value is -2.38. The third-order valence-electron chi connectivity index (χ3n) is 5.58. The van der Waals surface area contributed by atoms with Crippen molar-refractivity contribution in [1.29, 1.82) is 0 Å². The van der Waals surface area contributed by atoms with Crippen molar-refractivity contribution in [3.63, 3.8) is 0 Å². The summed E-state index contributed by atoms with van der Waals surface area (Å²) < 4.78 is 6.19. The van der Waals surface area contributed by atoms with Gasteiger partial charge >= 0.3 is 6.15 Å². The van der Waals surface area contributed by atoms with Crippen molar-refractivity contribution in [3.8, 4) is 17.6 Å². The van der Waals surface area contributed by atoms with Crippen molar-refractivity contribution in [2.24, 2.45) is 11.8 Å². The van der Waals surface area contributed by atoms with E-state index in [-0.39, 0.29) is 30.0 Å². The zero-order chi connectivity index (χ0) is 20.7. The largest absolute Gasteiger partial charge is 0.489 e. The van der Waals surface area contributed by atoms with Gasteiger partial charge in [-0.15, -0.1) is 11.8 Å². The number of carbonyl (C=O) groups excluding carboxylic acids is 2. The van der Waals surface area contributed by atoms with Crippen molar-refractivity contribution in [2.75, 3.05) is 0 Å². The van der Waals surface area contributed by atoms with E-state index >= 15 is 0 Å². The molecule has 1 aromatic carbocycles. The summed E-state index contributed by atoms with van der Waals surface area (Å²) in [6.45, 7) is 5.94. The van der Waals surface area contributed by atoms with Crippen molar-refractivity contribution in [2.45, 2.75) is 64.3 Å². The number of hydrogen-bond donors (Lipinski definition) is 2. The molecule has 1 aliphatic heterocycles. The van der Waals surface area contributed by atoms with Gasteiger partial charge in [-0.3, -0.25) is 0 Å². The molecule has 0 bridgehead atoms. The van der Waals surface area contributed by atoms with E-state index in [1.54, 1.807) is 0 Å². The van der Waals surface area contributed by atoms with Crippen LogP contribution in [0.15, 0.2) is 30.4 Å². The number of aryl methyl sites for hydroxylation is 1. The van der Waals surface area contributed by atoms with Gasteiger partial charge in [0.2, 0.25) is 0 Å². The Balaban J connectivity index is 0.000000878. The van der Waals surface area contributed by atoms with Crippen LogP contribution in [0.3, 0.4) is 0 Å². The average Bonchev–Trinajstić information content (AvgIpc) is 3.19. The van der Waals surface area contributed by atoms with E-state index in [9.17, 15) is 10.2 Å². The number of benzene rings is 1. The molecule has 0 aromatic heterocycles. The summed E-state index contributed by atoms with van der Waals surface area (Å²) in [5.41, 5.74) is 2.44. The summed E-state index contributed by atoms with van der Waals surface area (Å²) in [5, 5.41) is 20.8. The fraction of sp³-hybridized carbons (Fsp3) is 0.522. The van der Waals surface area contributed by atoms with Crippen LogP contribution in [0.25, 0.3) is 0 Å². The molecule has 150 valence electrons. The van der Waals surface area contributed by atoms with Gasteiger partial charge in [0.05, 0.1) is 12.2 Å². The van der Waals surface area contributed by atoms with Crippen LogP contribution >= 0.6 is 0 Å². The van der Waals surface area contributed by atoms with E-state index in [1.807, 2.05) is 26.0 Å². The van der Waals surface area contributed by atoms with Crippen molar-refractivity contribution in [3.05, 3.63) is 41.5 Å². The molecule has 1 unspecified atom stereocenters. The van der Waals surface area contributed by atoms with Gasteiger partial charge in [0, 0.05) is 30.2 Å². The van der Waals surface area contributed by atoms with Crippen LogP contribution in [0.5, 0.6) is 5.75 Å². The lowest BCUT2D eigenvalue weighted by molar-refractivity contribution is -0.191. The lowest BCUT2D eigenvalue weighted by atomic mass is 9.86. The zero-order valence-corrected chi connectivity index (χ0v) is 16.6. The highest BCUT2D eigenvalue weighted by Gasteiger charge is 2.48. The van der Waals surface area contributed by atoms with Crippen LogP contribution in [-0.4, -0.2) is 34.7 Å². The first kappa shape index (κ1) is 21.9. The van der Waals surface area contributed by atoms with Gasteiger partial charge < -0.3 is 14.9 Å². The van der Waals surface area contributed by atoms with Gasteiger partial charge in [-0.2, -0.15) is 9.59 Å². The molecule has 1 aliphatic carbocycles. The molecule has 0 radical (unpaired) electrons. The topological polar surface area (TPSA) is 83.8 Å². The molecule has 6 atom stereocenters. The zero-order valence-electron chi connectivity index (χ0n) is 16.6. The minimum Gasteiger partial charge on any atom is -0.489 e. The highest BCUT2D eigenvalue weighted by Crippen LogP contribution is 2.51. The minimum absolute atomic E-state index is 0.0162. The molecule has 1 heterocycles. The summed E-state index contributed by atoms with van der Waals surface area (Å²) in [4.78, 5) is 16.2. The first-order valence-electron chi connectivity index (χ1n) is 9.70. The molecular formula is C23H28O5. The Morgan fingerprint density at radius 2 is 2.07 bits per heavy atom. The quantitative estimate of drug-likeness (QED) is 0.602. The molecule has 5 heteroatoms. The summed E-state index contributed by atoms with van der Waals surface area (Å²) in [7, 11) is 0. The second-order valence-electron chi connectivity index (χ2n) is 7.32. The molecule has 0 spiro atoms. The SMILES string of the molecule is CC#CC[C@H](C)[C@@H](O)/C=C/[C@H]1C2c3cccc(CC)c3O[C@@H]2C[C@@H]1O.O=C=O. The molecule has 5 nitrogen and oxygen atoms in total. The van der Waals surface area contributed by atoms with Crippen molar-refractivity contribution < 1.29 is 24.5 Å². The van der Waals surface area contributed by atoms with Gasteiger partial charge in [-0.25, -0.2) is 0 Å². The van der Waals surface area contributed by atoms with Gasteiger partial charge in [0.25, 0.3) is 0 Å². The van der Waals surface area contributed by atoms with E-state index in [0.29, 0.717) is 12.8 Å². The molecule has 3 rings (SSSR count).